The van der Waals surface area contributed by atoms with Crippen LogP contribution in [0.25, 0.3) is 11.5 Å². The minimum Gasteiger partial charge on any atom is -0.493 e. The number of thioether (sulfide) groups is 1. The molecule has 0 fully saturated rings. The van der Waals surface area contributed by atoms with Crippen molar-refractivity contribution in [3.63, 3.8) is 0 Å². The molecule has 0 spiro atoms. The Hall–Kier alpha value is -3.60. The van der Waals surface area contributed by atoms with Crippen LogP contribution in [0, 0.1) is 10.1 Å². The summed E-state index contributed by atoms with van der Waals surface area (Å²) in [6, 6.07) is 10.9. The maximum Gasteiger partial charge on any atom is 0.277 e. The predicted molar refractivity (Wildman–Crippen MR) is 105 cm³/mol. The van der Waals surface area contributed by atoms with Gasteiger partial charge in [0.25, 0.3) is 10.9 Å². The highest BCUT2D eigenvalue weighted by Gasteiger charge is 2.14. The van der Waals surface area contributed by atoms with Crippen molar-refractivity contribution >= 4 is 29.0 Å². The lowest BCUT2D eigenvalue weighted by molar-refractivity contribution is -0.384. The van der Waals surface area contributed by atoms with Crippen molar-refractivity contribution in [2.24, 2.45) is 0 Å². The number of hydrogen-bond donors (Lipinski definition) is 1. The lowest BCUT2D eigenvalue weighted by Crippen LogP contribution is -2.14. The van der Waals surface area contributed by atoms with Crippen molar-refractivity contribution in [2.45, 2.75) is 5.22 Å². The van der Waals surface area contributed by atoms with Gasteiger partial charge in [-0.1, -0.05) is 17.8 Å². The SMILES string of the molecule is COc1ccc(NC(=O)CSc2nnc(-c3cccc([N+](=O)[O-])c3)o2)cc1OC. The summed E-state index contributed by atoms with van der Waals surface area (Å²) in [5, 5.41) is 21.5. The molecule has 10 nitrogen and oxygen atoms in total. The summed E-state index contributed by atoms with van der Waals surface area (Å²) in [5.74, 6) is 0.940. The Morgan fingerprint density at radius 3 is 2.69 bits per heavy atom. The molecule has 11 heteroatoms. The number of carbonyl (C=O) groups excluding carboxylic acids is 1. The van der Waals surface area contributed by atoms with Crippen LogP contribution in [-0.2, 0) is 4.79 Å². The number of nitrogens with zero attached hydrogens (tertiary/aromatic N) is 3. The van der Waals surface area contributed by atoms with Gasteiger partial charge in [0.1, 0.15) is 0 Å². The number of nitrogens with one attached hydrogen (secondary N) is 1. The molecule has 150 valence electrons. The first-order valence-electron chi connectivity index (χ1n) is 8.23. The molecule has 0 atom stereocenters. The number of hydrogen-bond acceptors (Lipinski definition) is 9. The Kier molecular flexibility index (Phi) is 6.29. The van der Waals surface area contributed by atoms with Crippen molar-refractivity contribution in [3.8, 4) is 23.0 Å². The summed E-state index contributed by atoms with van der Waals surface area (Å²) < 4.78 is 15.8. The smallest absolute Gasteiger partial charge is 0.277 e. The molecule has 1 amide bonds. The number of anilines is 1. The molecule has 0 aliphatic rings. The number of methoxy groups -OCH3 is 2. The Labute approximate surface area is 169 Å². The van der Waals surface area contributed by atoms with Crippen molar-refractivity contribution in [1.82, 2.24) is 10.2 Å². The van der Waals surface area contributed by atoms with Crippen molar-refractivity contribution in [3.05, 3.63) is 52.6 Å². The van der Waals surface area contributed by atoms with E-state index >= 15 is 0 Å². The summed E-state index contributed by atoms with van der Waals surface area (Å²) in [5.41, 5.74) is 0.897. The molecule has 0 aliphatic heterocycles. The van der Waals surface area contributed by atoms with E-state index in [2.05, 4.69) is 15.5 Å². The normalized spacial score (nSPS) is 10.4. The van der Waals surface area contributed by atoms with Gasteiger partial charge in [-0.05, 0) is 18.2 Å². The van der Waals surface area contributed by atoms with E-state index in [0.29, 0.717) is 22.7 Å². The number of rotatable bonds is 8. The number of nitro groups is 1. The average Bonchev–Trinajstić information content (AvgIpc) is 3.21. The number of aromatic nitrogens is 2. The molecule has 0 unspecified atom stereocenters. The number of ether oxygens (including phenoxy) is 2. The molecule has 0 saturated carbocycles. The fraction of sp³-hybridized carbons (Fsp3) is 0.167. The molecule has 0 aliphatic carbocycles. The minimum absolute atomic E-state index is 0.0327. The van der Waals surface area contributed by atoms with Gasteiger partial charge in [-0.25, -0.2) is 0 Å². The van der Waals surface area contributed by atoms with Crippen LogP contribution in [-0.4, -0.2) is 41.0 Å². The van der Waals surface area contributed by atoms with E-state index in [0.717, 1.165) is 11.8 Å². The third-order valence-electron chi connectivity index (χ3n) is 3.70. The van der Waals surface area contributed by atoms with Crippen molar-refractivity contribution in [2.75, 3.05) is 25.3 Å². The van der Waals surface area contributed by atoms with Crippen LogP contribution in [0.5, 0.6) is 11.5 Å². The quantitative estimate of drug-likeness (QED) is 0.333. The summed E-state index contributed by atoms with van der Waals surface area (Å²) >= 11 is 1.05. The van der Waals surface area contributed by atoms with Crippen LogP contribution in [0.3, 0.4) is 0 Å². The first-order chi connectivity index (χ1) is 14.0. The molecular formula is C18H16N4O6S. The number of benzene rings is 2. The maximum absolute atomic E-state index is 12.2. The number of carbonyl (C=O) groups is 1. The van der Waals surface area contributed by atoms with Crippen LogP contribution >= 0.6 is 11.8 Å². The number of non-ortho nitro benzene ring substituents is 1. The Morgan fingerprint density at radius 1 is 1.17 bits per heavy atom. The summed E-state index contributed by atoms with van der Waals surface area (Å²) in [4.78, 5) is 22.5. The van der Waals surface area contributed by atoms with Crippen LogP contribution in [0.15, 0.2) is 52.1 Å². The Morgan fingerprint density at radius 2 is 1.97 bits per heavy atom. The summed E-state index contributed by atoms with van der Waals surface area (Å²) in [6.07, 6.45) is 0. The van der Waals surface area contributed by atoms with E-state index in [1.807, 2.05) is 0 Å². The fourth-order valence-corrected chi connectivity index (χ4v) is 2.94. The molecule has 3 aromatic rings. The molecular weight excluding hydrogens is 400 g/mol. The van der Waals surface area contributed by atoms with Crippen molar-refractivity contribution in [1.29, 1.82) is 0 Å². The fourth-order valence-electron chi connectivity index (χ4n) is 2.38. The molecule has 1 N–H and O–H groups in total. The highest BCUT2D eigenvalue weighted by atomic mass is 32.2. The topological polar surface area (TPSA) is 130 Å². The number of nitro benzene ring substituents is 1. The molecule has 2 aromatic carbocycles. The maximum atomic E-state index is 12.2. The van der Waals surface area contributed by atoms with Gasteiger partial charge in [-0.15, -0.1) is 10.2 Å². The van der Waals surface area contributed by atoms with Crippen LogP contribution < -0.4 is 14.8 Å². The third-order valence-corrected chi connectivity index (χ3v) is 4.52. The average molecular weight is 416 g/mol. The first-order valence-corrected chi connectivity index (χ1v) is 9.21. The standard InChI is InChI=1S/C18H16N4O6S/c1-26-14-7-6-12(9-15(14)27-2)19-16(23)10-29-18-21-20-17(28-18)11-4-3-5-13(8-11)22(24)25/h3-9H,10H2,1-2H3,(H,19,23). The van der Waals surface area contributed by atoms with E-state index < -0.39 is 4.92 Å². The van der Waals surface area contributed by atoms with Crippen LogP contribution in [0.2, 0.25) is 0 Å². The zero-order valence-corrected chi connectivity index (χ0v) is 16.3. The van der Waals surface area contributed by atoms with Gasteiger partial charge in [0, 0.05) is 29.4 Å². The summed E-state index contributed by atoms with van der Waals surface area (Å²) in [7, 11) is 3.03. The van der Waals surface area contributed by atoms with Gasteiger partial charge in [0.05, 0.1) is 24.9 Å². The van der Waals surface area contributed by atoms with Gasteiger partial charge in [0.2, 0.25) is 11.8 Å². The zero-order valence-electron chi connectivity index (χ0n) is 15.4. The van der Waals surface area contributed by atoms with Crippen LogP contribution in [0.4, 0.5) is 11.4 Å². The van der Waals surface area contributed by atoms with Crippen molar-refractivity contribution < 1.29 is 23.6 Å². The second-order valence-corrected chi connectivity index (χ2v) is 6.51. The highest BCUT2D eigenvalue weighted by molar-refractivity contribution is 7.99. The second-order valence-electron chi connectivity index (χ2n) is 5.59. The molecule has 3 rings (SSSR count). The van der Waals surface area contributed by atoms with Gasteiger partial charge in [-0.2, -0.15) is 0 Å². The second kappa shape index (κ2) is 9.06. The molecule has 0 radical (unpaired) electrons. The predicted octanol–water partition coefficient (Wildman–Crippen LogP) is 3.39. The minimum atomic E-state index is -0.506. The zero-order chi connectivity index (χ0) is 20.8. The van der Waals surface area contributed by atoms with E-state index in [-0.39, 0.29) is 28.5 Å². The van der Waals surface area contributed by atoms with E-state index in [1.54, 1.807) is 24.3 Å². The molecule has 0 saturated heterocycles. The van der Waals surface area contributed by atoms with E-state index in [9.17, 15) is 14.9 Å². The largest absolute Gasteiger partial charge is 0.493 e. The lowest BCUT2D eigenvalue weighted by atomic mass is 10.2. The number of amides is 1. The Balaban J connectivity index is 1.60. The van der Waals surface area contributed by atoms with Gasteiger partial charge in [0.15, 0.2) is 11.5 Å². The van der Waals surface area contributed by atoms with Crippen LogP contribution in [0.1, 0.15) is 0 Å². The Bertz CT molecular complexity index is 1040. The lowest BCUT2D eigenvalue weighted by Gasteiger charge is -2.10. The highest BCUT2D eigenvalue weighted by Crippen LogP contribution is 2.30. The molecule has 0 bridgehead atoms. The first kappa shape index (κ1) is 20.1. The third kappa shape index (κ3) is 5.02. The van der Waals surface area contributed by atoms with Gasteiger partial charge >= 0.3 is 0 Å². The molecule has 1 aromatic heterocycles. The summed E-state index contributed by atoms with van der Waals surface area (Å²) in [6.45, 7) is 0. The van der Waals surface area contributed by atoms with E-state index in [4.69, 9.17) is 13.9 Å². The van der Waals surface area contributed by atoms with E-state index in [1.165, 1.54) is 32.4 Å². The van der Waals surface area contributed by atoms with Gasteiger partial charge in [-0.3, -0.25) is 14.9 Å². The monoisotopic (exact) mass is 416 g/mol. The molecule has 29 heavy (non-hydrogen) atoms. The molecule has 1 heterocycles. The van der Waals surface area contributed by atoms with Gasteiger partial charge < -0.3 is 19.2 Å².